The van der Waals surface area contributed by atoms with E-state index in [9.17, 15) is 4.79 Å². The van der Waals surface area contributed by atoms with Gasteiger partial charge in [-0.3, -0.25) is 9.69 Å². The predicted octanol–water partition coefficient (Wildman–Crippen LogP) is 1.61. The number of ketones is 1. The quantitative estimate of drug-likeness (QED) is 0.847. The summed E-state index contributed by atoms with van der Waals surface area (Å²) in [5.41, 5.74) is 1.20. The summed E-state index contributed by atoms with van der Waals surface area (Å²) in [4.78, 5) is 13.4. The Kier molecular flexibility index (Phi) is 5.36. The van der Waals surface area contributed by atoms with Crippen molar-refractivity contribution in [2.45, 2.75) is 25.8 Å². The molecule has 1 N–H and O–H groups in total. The summed E-state index contributed by atoms with van der Waals surface area (Å²) in [6.45, 7) is 2.73. The van der Waals surface area contributed by atoms with E-state index in [-0.39, 0.29) is 12.4 Å². The lowest BCUT2D eigenvalue weighted by atomic mass is 10.1. The van der Waals surface area contributed by atoms with Crippen molar-refractivity contribution in [2.24, 2.45) is 0 Å². The van der Waals surface area contributed by atoms with Gasteiger partial charge in [0, 0.05) is 6.54 Å². The minimum atomic E-state index is -0.465. The minimum Gasteiger partial charge on any atom is -0.486 e. The summed E-state index contributed by atoms with van der Waals surface area (Å²) in [6, 6.07) is 7.83. The van der Waals surface area contributed by atoms with Gasteiger partial charge in [-0.05, 0) is 43.6 Å². The Hall–Kier alpha value is -1.39. The molecule has 0 unspecified atom stereocenters. The molecule has 4 heteroatoms. The lowest BCUT2D eigenvalue weighted by molar-refractivity contribution is -0.123. The molecule has 1 aliphatic rings. The Balaban J connectivity index is 1.88. The lowest BCUT2D eigenvalue weighted by Crippen LogP contribution is -2.29. The SMILES string of the molecule is O=C(CO)COc1cccc(CN2CCCCC2)c1. The first kappa shape index (κ1) is 14.0. The number of nitrogens with zero attached hydrogens (tertiary/aromatic N) is 1. The summed E-state index contributed by atoms with van der Waals surface area (Å²) in [7, 11) is 0. The molecule has 0 amide bonds. The van der Waals surface area contributed by atoms with Crippen LogP contribution in [0.25, 0.3) is 0 Å². The van der Waals surface area contributed by atoms with E-state index in [4.69, 9.17) is 9.84 Å². The van der Waals surface area contributed by atoms with Crippen molar-refractivity contribution in [3.05, 3.63) is 29.8 Å². The molecule has 1 saturated heterocycles. The number of aliphatic hydroxyl groups is 1. The lowest BCUT2D eigenvalue weighted by Gasteiger charge is -2.26. The number of carbonyl (C=O) groups is 1. The second-order valence-corrected chi connectivity index (χ2v) is 4.97. The fourth-order valence-electron chi connectivity index (χ4n) is 2.32. The molecule has 1 aliphatic heterocycles. The molecule has 1 aromatic carbocycles. The van der Waals surface area contributed by atoms with Gasteiger partial charge in [-0.15, -0.1) is 0 Å². The van der Waals surface area contributed by atoms with Gasteiger partial charge in [0.1, 0.15) is 19.0 Å². The third kappa shape index (κ3) is 4.65. The first-order chi connectivity index (χ1) is 9.28. The summed E-state index contributed by atoms with van der Waals surface area (Å²) in [5.74, 6) is 0.387. The number of benzene rings is 1. The molecular formula is C15H21NO3. The van der Waals surface area contributed by atoms with E-state index in [2.05, 4.69) is 11.0 Å². The Labute approximate surface area is 114 Å². The normalized spacial score (nSPS) is 16.3. The summed E-state index contributed by atoms with van der Waals surface area (Å²) in [5, 5.41) is 8.65. The Morgan fingerprint density at radius 3 is 2.79 bits per heavy atom. The number of hydrogen-bond donors (Lipinski definition) is 1. The smallest absolute Gasteiger partial charge is 0.195 e. The number of hydrogen-bond acceptors (Lipinski definition) is 4. The number of Topliss-reactive ketones (excluding diaryl/α,β-unsaturated/α-hetero) is 1. The average Bonchev–Trinajstić information content (AvgIpc) is 2.46. The summed E-state index contributed by atoms with van der Waals surface area (Å²) >= 11 is 0. The minimum absolute atomic E-state index is 0.0658. The van der Waals surface area contributed by atoms with Gasteiger partial charge in [-0.25, -0.2) is 0 Å². The number of aliphatic hydroxyl groups excluding tert-OH is 1. The van der Waals surface area contributed by atoms with E-state index in [0.717, 1.165) is 19.6 Å². The third-order valence-electron chi connectivity index (χ3n) is 3.33. The number of carbonyl (C=O) groups excluding carboxylic acids is 1. The number of rotatable bonds is 6. The van der Waals surface area contributed by atoms with Gasteiger partial charge >= 0.3 is 0 Å². The van der Waals surface area contributed by atoms with Crippen LogP contribution in [0.1, 0.15) is 24.8 Å². The highest BCUT2D eigenvalue weighted by molar-refractivity contribution is 5.80. The highest BCUT2D eigenvalue weighted by atomic mass is 16.5. The molecule has 0 atom stereocenters. The predicted molar refractivity (Wildman–Crippen MR) is 73.2 cm³/mol. The molecule has 104 valence electrons. The maximum atomic E-state index is 11.0. The Bertz CT molecular complexity index is 414. The summed E-state index contributed by atoms with van der Waals surface area (Å²) in [6.07, 6.45) is 3.89. The number of likely N-dealkylation sites (tertiary alicyclic amines) is 1. The van der Waals surface area contributed by atoms with Crippen molar-refractivity contribution in [3.63, 3.8) is 0 Å². The zero-order valence-electron chi connectivity index (χ0n) is 11.2. The topological polar surface area (TPSA) is 49.8 Å². The third-order valence-corrected chi connectivity index (χ3v) is 3.33. The maximum absolute atomic E-state index is 11.0. The van der Waals surface area contributed by atoms with Crippen molar-refractivity contribution in [2.75, 3.05) is 26.3 Å². The first-order valence-electron chi connectivity index (χ1n) is 6.84. The molecule has 2 rings (SSSR count). The monoisotopic (exact) mass is 263 g/mol. The molecule has 4 nitrogen and oxygen atoms in total. The zero-order chi connectivity index (χ0) is 13.5. The van der Waals surface area contributed by atoms with E-state index in [1.165, 1.54) is 24.8 Å². The van der Waals surface area contributed by atoms with Crippen LogP contribution in [0.4, 0.5) is 0 Å². The fraction of sp³-hybridized carbons (Fsp3) is 0.533. The van der Waals surface area contributed by atoms with Gasteiger partial charge in [0.15, 0.2) is 5.78 Å². The zero-order valence-corrected chi connectivity index (χ0v) is 11.2. The number of ether oxygens (including phenoxy) is 1. The van der Waals surface area contributed by atoms with Gasteiger partial charge in [-0.2, -0.15) is 0 Å². The van der Waals surface area contributed by atoms with Crippen LogP contribution in [0.5, 0.6) is 5.75 Å². The second kappa shape index (κ2) is 7.26. The molecule has 0 saturated carbocycles. The van der Waals surface area contributed by atoms with Crippen molar-refractivity contribution in [3.8, 4) is 5.75 Å². The van der Waals surface area contributed by atoms with Gasteiger partial charge in [0.25, 0.3) is 0 Å². The van der Waals surface area contributed by atoms with Crippen molar-refractivity contribution < 1.29 is 14.6 Å². The standard InChI is InChI=1S/C15H21NO3/c17-11-14(18)12-19-15-6-4-5-13(9-15)10-16-7-2-1-3-8-16/h4-6,9,17H,1-3,7-8,10-12H2. The highest BCUT2D eigenvalue weighted by Crippen LogP contribution is 2.17. The fourth-order valence-corrected chi connectivity index (χ4v) is 2.32. The summed E-state index contributed by atoms with van der Waals surface area (Å²) < 4.78 is 5.36. The van der Waals surface area contributed by atoms with Crippen molar-refractivity contribution in [1.82, 2.24) is 4.90 Å². The Morgan fingerprint density at radius 1 is 1.26 bits per heavy atom. The van der Waals surface area contributed by atoms with E-state index >= 15 is 0 Å². The van der Waals surface area contributed by atoms with Crippen LogP contribution in [0.3, 0.4) is 0 Å². The molecule has 1 fully saturated rings. The van der Waals surface area contributed by atoms with Gasteiger partial charge in [0.05, 0.1) is 0 Å². The second-order valence-electron chi connectivity index (χ2n) is 4.97. The van der Waals surface area contributed by atoms with Crippen molar-refractivity contribution >= 4 is 5.78 Å². The first-order valence-corrected chi connectivity index (χ1v) is 6.84. The highest BCUT2D eigenvalue weighted by Gasteiger charge is 2.10. The molecule has 1 heterocycles. The van der Waals surface area contributed by atoms with Crippen LogP contribution < -0.4 is 4.74 Å². The van der Waals surface area contributed by atoms with Crippen LogP contribution in [0, 0.1) is 0 Å². The molecule has 0 aliphatic carbocycles. The van der Waals surface area contributed by atoms with E-state index in [1.54, 1.807) is 0 Å². The molecule has 0 radical (unpaired) electrons. The van der Waals surface area contributed by atoms with Crippen LogP contribution >= 0.6 is 0 Å². The molecule has 0 spiro atoms. The van der Waals surface area contributed by atoms with Crippen molar-refractivity contribution in [1.29, 1.82) is 0 Å². The van der Waals surface area contributed by atoms with E-state index in [0.29, 0.717) is 5.75 Å². The maximum Gasteiger partial charge on any atom is 0.195 e. The molecule has 0 aromatic heterocycles. The average molecular weight is 263 g/mol. The van der Waals surface area contributed by atoms with Crippen LogP contribution in [-0.4, -0.2) is 42.1 Å². The van der Waals surface area contributed by atoms with Gasteiger partial charge < -0.3 is 9.84 Å². The van der Waals surface area contributed by atoms with Crippen LogP contribution in [0.15, 0.2) is 24.3 Å². The van der Waals surface area contributed by atoms with Crippen LogP contribution in [0.2, 0.25) is 0 Å². The van der Waals surface area contributed by atoms with Gasteiger partial charge in [-0.1, -0.05) is 18.6 Å². The molecular weight excluding hydrogens is 242 g/mol. The molecule has 0 bridgehead atoms. The largest absolute Gasteiger partial charge is 0.486 e. The molecule has 19 heavy (non-hydrogen) atoms. The number of piperidine rings is 1. The molecule has 1 aromatic rings. The van der Waals surface area contributed by atoms with Gasteiger partial charge in [0.2, 0.25) is 0 Å². The van der Waals surface area contributed by atoms with E-state index < -0.39 is 6.61 Å². The Morgan fingerprint density at radius 2 is 2.05 bits per heavy atom. The van der Waals surface area contributed by atoms with E-state index in [1.807, 2.05) is 18.2 Å². The van der Waals surface area contributed by atoms with Crippen LogP contribution in [-0.2, 0) is 11.3 Å².